The van der Waals surface area contributed by atoms with Crippen molar-refractivity contribution in [2.75, 3.05) is 6.54 Å². The SMILES string of the molecule is CCCNCc1oc2c(Br)cc(F)cc2c1C1CC1. The Morgan fingerprint density at radius 3 is 2.89 bits per heavy atom. The van der Waals surface area contributed by atoms with E-state index in [1.807, 2.05) is 0 Å². The van der Waals surface area contributed by atoms with E-state index in [4.69, 9.17) is 4.42 Å². The number of halogens is 2. The molecule has 0 unspecified atom stereocenters. The monoisotopic (exact) mass is 325 g/mol. The van der Waals surface area contributed by atoms with Crippen LogP contribution in [-0.4, -0.2) is 6.54 Å². The topological polar surface area (TPSA) is 25.2 Å². The van der Waals surface area contributed by atoms with E-state index in [-0.39, 0.29) is 5.82 Å². The number of benzene rings is 1. The third-order valence-corrected chi connectivity index (χ3v) is 4.11. The average molecular weight is 326 g/mol. The van der Waals surface area contributed by atoms with Gasteiger partial charge >= 0.3 is 0 Å². The van der Waals surface area contributed by atoms with Crippen molar-refractivity contribution in [2.45, 2.75) is 38.6 Å². The van der Waals surface area contributed by atoms with Gasteiger partial charge in [-0.15, -0.1) is 0 Å². The third kappa shape index (κ3) is 2.56. The van der Waals surface area contributed by atoms with Crippen molar-refractivity contribution < 1.29 is 8.81 Å². The van der Waals surface area contributed by atoms with Gasteiger partial charge in [-0.1, -0.05) is 6.92 Å². The number of furan rings is 1. The van der Waals surface area contributed by atoms with Crippen molar-refractivity contribution in [3.8, 4) is 0 Å². The van der Waals surface area contributed by atoms with Crippen molar-refractivity contribution in [3.63, 3.8) is 0 Å². The molecule has 102 valence electrons. The lowest BCUT2D eigenvalue weighted by Crippen LogP contribution is -2.14. The molecule has 2 nitrogen and oxygen atoms in total. The molecule has 4 heteroatoms. The number of hydrogen-bond donors (Lipinski definition) is 1. The highest BCUT2D eigenvalue weighted by atomic mass is 79.9. The van der Waals surface area contributed by atoms with E-state index in [1.54, 1.807) is 6.07 Å². The summed E-state index contributed by atoms with van der Waals surface area (Å²) in [6.07, 6.45) is 3.46. The Kier molecular flexibility index (Phi) is 3.63. The summed E-state index contributed by atoms with van der Waals surface area (Å²) in [5.41, 5.74) is 1.98. The molecular weight excluding hydrogens is 309 g/mol. The second-order valence-corrected chi connectivity index (χ2v) is 6.01. The minimum Gasteiger partial charge on any atom is -0.458 e. The van der Waals surface area contributed by atoms with Crippen LogP contribution in [0.25, 0.3) is 11.0 Å². The van der Waals surface area contributed by atoms with Crippen LogP contribution in [0.1, 0.15) is 43.4 Å². The lowest BCUT2D eigenvalue weighted by atomic mass is 10.1. The Morgan fingerprint density at radius 2 is 2.21 bits per heavy atom. The van der Waals surface area contributed by atoms with E-state index in [9.17, 15) is 4.39 Å². The molecule has 1 N–H and O–H groups in total. The lowest BCUT2D eigenvalue weighted by Gasteiger charge is -2.02. The molecule has 1 fully saturated rings. The summed E-state index contributed by atoms with van der Waals surface area (Å²) in [6, 6.07) is 3.06. The van der Waals surface area contributed by atoms with Crippen LogP contribution in [0.4, 0.5) is 4.39 Å². The summed E-state index contributed by atoms with van der Waals surface area (Å²) in [6.45, 7) is 3.83. The highest BCUT2D eigenvalue weighted by Gasteiger charge is 2.31. The van der Waals surface area contributed by atoms with Crippen LogP contribution in [0, 0.1) is 5.82 Å². The van der Waals surface area contributed by atoms with Gasteiger partial charge in [0.25, 0.3) is 0 Å². The first-order chi connectivity index (χ1) is 9.20. The molecule has 0 atom stereocenters. The van der Waals surface area contributed by atoms with Gasteiger partial charge in [-0.2, -0.15) is 0 Å². The fraction of sp³-hybridized carbons (Fsp3) is 0.467. The van der Waals surface area contributed by atoms with Crippen LogP contribution in [0.5, 0.6) is 0 Å². The molecule has 1 aliphatic carbocycles. The number of fused-ring (bicyclic) bond motifs is 1. The van der Waals surface area contributed by atoms with Crippen molar-refractivity contribution in [2.24, 2.45) is 0 Å². The van der Waals surface area contributed by atoms with Crippen LogP contribution in [0.2, 0.25) is 0 Å². The fourth-order valence-electron chi connectivity index (χ4n) is 2.52. The largest absolute Gasteiger partial charge is 0.458 e. The standard InChI is InChI=1S/C15H17BrFNO/c1-2-5-18-8-13-14(9-3-4-9)11-6-10(17)7-12(16)15(11)19-13/h6-7,9,18H,2-5,8H2,1H3. The summed E-state index contributed by atoms with van der Waals surface area (Å²) < 4.78 is 20.2. The maximum absolute atomic E-state index is 13.6. The van der Waals surface area contributed by atoms with Crippen molar-refractivity contribution in [1.29, 1.82) is 0 Å². The molecule has 0 spiro atoms. The Hall–Kier alpha value is -0.870. The van der Waals surface area contributed by atoms with E-state index < -0.39 is 0 Å². The zero-order chi connectivity index (χ0) is 13.4. The fourth-order valence-corrected chi connectivity index (χ4v) is 3.04. The predicted octanol–water partition coefficient (Wildman–Crippen LogP) is 4.71. The van der Waals surface area contributed by atoms with Gasteiger partial charge in [-0.05, 0) is 59.8 Å². The molecule has 3 rings (SSSR count). The van der Waals surface area contributed by atoms with Gasteiger partial charge in [0.15, 0.2) is 0 Å². The normalized spacial score (nSPS) is 15.3. The summed E-state index contributed by atoms with van der Waals surface area (Å²) in [4.78, 5) is 0. The Balaban J connectivity index is 2.05. The number of hydrogen-bond acceptors (Lipinski definition) is 2. The number of rotatable bonds is 5. The second kappa shape index (κ2) is 5.25. The predicted molar refractivity (Wildman–Crippen MR) is 77.8 cm³/mol. The minimum atomic E-state index is -0.213. The van der Waals surface area contributed by atoms with E-state index >= 15 is 0 Å². The first-order valence-electron chi connectivity index (χ1n) is 6.81. The molecule has 1 aromatic heterocycles. The molecular formula is C15H17BrFNO. The first-order valence-corrected chi connectivity index (χ1v) is 7.61. The van der Waals surface area contributed by atoms with Crippen LogP contribution in [-0.2, 0) is 6.54 Å². The maximum Gasteiger partial charge on any atom is 0.149 e. The molecule has 1 heterocycles. The smallest absolute Gasteiger partial charge is 0.149 e. The van der Waals surface area contributed by atoms with Crippen molar-refractivity contribution in [3.05, 3.63) is 33.7 Å². The van der Waals surface area contributed by atoms with Gasteiger partial charge in [-0.3, -0.25) is 0 Å². The molecule has 2 aromatic rings. The minimum absolute atomic E-state index is 0.213. The number of nitrogens with one attached hydrogen (secondary N) is 1. The van der Waals surface area contributed by atoms with Gasteiger partial charge in [0.05, 0.1) is 11.0 Å². The zero-order valence-corrected chi connectivity index (χ0v) is 12.5. The molecule has 0 aliphatic heterocycles. The first kappa shape index (κ1) is 13.1. The van der Waals surface area contributed by atoms with E-state index in [2.05, 4.69) is 28.2 Å². The highest BCUT2D eigenvalue weighted by molar-refractivity contribution is 9.10. The van der Waals surface area contributed by atoms with E-state index in [1.165, 1.54) is 24.5 Å². The average Bonchev–Trinajstić information content (AvgIpc) is 3.12. The molecule has 0 bridgehead atoms. The van der Waals surface area contributed by atoms with Crippen LogP contribution >= 0.6 is 15.9 Å². The van der Waals surface area contributed by atoms with Gasteiger partial charge in [0.2, 0.25) is 0 Å². The Morgan fingerprint density at radius 1 is 1.42 bits per heavy atom. The molecule has 1 saturated carbocycles. The van der Waals surface area contributed by atoms with Crippen molar-refractivity contribution >= 4 is 26.9 Å². The zero-order valence-electron chi connectivity index (χ0n) is 10.9. The third-order valence-electron chi connectivity index (χ3n) is 3.52. The molecule has 0 amide bonds. The Labute approximate surface area is 120 Å². The van der Waals surface area contributed by atoms with Crippen LogP contribution in [0.3, 0.4) is 0 Å². The molecule has 1 aliphatic rings. The highest BCUT2D eigenvalue weighted by Crippen LogP contribution is 2.47. The molecule has 0 saturated heterocycles. The van der Waals surface area contributed by atoms with Gasteiger partial charge in [-0.25, -0.2) is 4.39 Å². The molecule has 0 radical (unpaired) electrons. The lowest BCUT2D eigenvalue weighted by molar-refractivity contribution is 0.506. The molecule has 1 aromatic carbocycles. The quantitative estimate of drug-likeness (QED) is 0.805. The van der Waals surface area contributed by atoms with Gasteiger partial charge in [0, 0.05) is 10.9 Å². The molecule has 19 heavy (non-hydrogen) atoms. The van der Waals surface area contributed by atoms with Gasteiger partial charge < -0.3 is 9.73 Å². The summed E-state index contributed by atoms with van der Waals surface area (Å²) in [7, 11) is 0. The summed E-state index contributed by atoms with van der Waals surface area (Å²) in [5, 5.41) is 4.30. The van der Waals surface area contributed by atoms with Gasteiger partial charge in [0.1, 0.15) is 17.2 Å². The van der Waals surface area contributed by atoms with Crippen LogP contribution in [0.15, 0.2) is 21.0 Å². The second-order valence-electron chi connectivity index (χ2n) is 5.15. The van der Waals surface area contributed by atoms with Crippen molar-refractivity contribution in [1.82, 2.24) is 5.32 Å². The van der Waals surface area contributed by atoms with E-state index in [0.717, 1.165) is 36.2 Å². The van der Waals surface area contributed by atoms with Crippen LogP contribution < -0.4 is 5.32 Å². The Bertz CT molecular complexity index is 604. The van der Waals surface area contributed by atoms with E-state index in [0.29, 0.717) is 10.4 Å². The summed E-state index contributed by atoms with van der Waals surface area (Å²) >= 11 is 3.39. The maximum atomic E-state index is 13.6. The summed E-state index contributed by atoms with van der Waals surface area (Å²) in [5.74, 6) is 1.31.